The SMILES string of the molecule is CN(C)c1ccc(N2COC3CCC4C(=O)C(c5ccccc5)=COC4C3C2)cc1. The van der Waals surface area contributed by atoms with E-state index in [1.807, 2.05) is 44.4 Å². The third-order valence-electron chi connectivity index (χ3n) is 6.70. The molecule has 2 aromatic rings. The molecule has 0 N–H and O–H groups in total. The molecule has 0 bridgehead atoms. The predicted molar refractivity (Wildman–Crippen MR) is 118 cm³/mol. The van der Waals surface area contributed by atoms with Gasteiger partial charge in [0.05, 0.1) is 23.9 Å². The number of carbonyl (C=O) groups excluding carboxylic acids is 1. The number of hydrogen-bond acceptors (Lipinski definition) is 5. The average molecular weight is 405 g/mol. The summed E-state index contributed by atoms with van der Waals surface area (Å²) in [7, 11) is 4.08. The van der Waals surface area contributed by atoms with E-state index in [0.29, 0.717) is 12.3 Å². The quantitative estimate of drug-likeness (QED) is 0.775. The van der Waals surface area contributed by atoms with E-state index < -0.39 is 0 Å². The van der Waals surface area contributed by atoms with Crippen molar-refractivity contribution in [1.82, 2.24) is 0 Å². The van der Waals surface area contributed by atoms with Crippen molar-refractivity contribution in [2.24, 2.45) is 11.8 Å². The third-order valence-corrected chi connectivity index (χ3v) is 6.70. The van der Waals surface area contributed by atoms with Crippen LogP contribution in [-0.2, 0) is 14.3 Å². The Hall–Kier alpha value is -2.79. The van der Waals surface area contributed by atoms with Crippen LogP contribution in [0.25, 0.3) is 5.57 Å². The standard InChI is InChI=1S/C25H28N2O3/c1-26(2)18-8-10-19(11-9-18)27-14-21-23(30-16-27)13-12-20-24(28)22(15-29-25(20)21)17-6-4-3-5-7-17/h3-11,15,20-21,23,25H,12-14,16H2,1-2H3. The van der Waals surface area contributed by atoms with Crippen LogP contribution in [0.15, 0.2) is 60.9 Å². The van der Waals surface area contributed by atoms with Crippen LogP contribution in [0.4, 0.5) is 11.4 Å². The predicted octanol–water partition coefficient (Wildman–Crippen LogP) is 3.95. The van der Waals surface area contributed by atoms with Crippen LogP contribution in [-0.4, -0.2) is 45.4 Å². The maximum Gasteiger partial charge on any atom is 0.173 e. The van der Waals surface area contributed by atoms with Crippen LogP contribution in [0.3, 0.4) is 0 Å². The zero-order chi connectivity index (χ0) is 20.7. The van der Waals surface area contributed by atoms with Crippen molar-refractivity contribution in [2.45, 2.75) is 25.0 Å². The summed E-state index contributed by atoms with van der Waals surface area (Å²) in [4.78, 5) is 17.6. The molecule has 0 spiro atoms. The van der Waals surface area contributed by atoms with Crippen molar-refractivity contribution < 1.29 is 14.3 Å². The summed E-state index contributed by atoms with van der Waals surface area (Å²) in [5.74, 6) is 0.304. The van der Waals surface area contributed by atoms with Crippen LogP contribution in [0.1, 0.15) is 18.4 Å². The zero-order valence-corrected chi connectivity index (χ0v) is 17.5. The number of fused-ring (bicyclic) bond motifs is 3. The lowest BCUT2D eigenvalue weighted by molar-refractivity contribution is -0.140. The topological polar surface area (TPSA) is 42.0 Å². The van der Waals surface area contributed by atoms with Gasteiger partial charge in [0.2, 0.25) is 0 Å². The fourth-order valence-electron chi connectivity index (χ4n) is 5.00. The summed E-state index contributed by atoms with van der Waals surface area (Å²) in [5.41, 5.74) is 3.95. The molecule has 1 saturated heterocycles. The highest BCUT2D eigenvalue weighted by molar-refractivity contribution is 6.22. The molecule has 5 heteroatoms. The van der Waals surface area contributed by atoms with Crippen LogP contribution < -0.4 is 9.80 Å². The molecular weight excluding hydrogens is 376 g/mol. The Balaban J connectivity index is 1.36. The summed E-state index contributed by atoms with van der Waals surface area (Å²) < 4.78 is 12.5. The second-order valence-electron chi connectivity index (χ2n) is 8.68. The minimum absolute atomic E-state index is 0.0916. The van der Waals surface area contributed by atoms with Gasteiger partial charge in [-0.05, 0) is 42.7 Å². The van der Waals surface area contributed by atoms with Crippen molar-refractivity contribution in [1.29, 1.82) is 0 Å². The number of nitrogens with zero attached hydrogens (tertiary/aromatic N) is 2. The lowest BCUT2D eigenvalue weighted by Crippen LogP contribution is -2.56. The highest BCUT2D eigenvalue weighted by atomic mass is 16.5. The Morgan fingerprint density at radius 1 is 1.00 bits per heavy atom. The number of benzene rings is 2. The molecule has 30 heavy (non-hydrogen) atoms. The Morgan fingerprint density at radius 2 is 1.77 bits per heavy atom. The van der Waals surface area contributed by atoms with Crippen molar-refractivity contribution >= 4 is 22.7 Å². The van der Waals surface area contributed by atoms with Gasteiger partial charge in [-0.1, -0.05) is 30.3 Å². The number of carbonyl (C=O) groups is 1. The smallest absolute Gasteiger partial charge is 0.173 e. The van der Waals surface area contributed by atoms with Gasteiger partial charge in [0.25, 0.3) is 0 Å². The first kappa shape index (κ1) is 19.2. The minimum Gasteiger partial charge on any atom is -0.496 e. The Bertz CT molecular complexity index is 939. The summed E-state index contributed by atoms with van der Waals surface area (Å²) in [6.45, 7) is 1.42. The van der Waals surface area contributed by atoms with Gasteiger partial charge in [-0.15, -0.1) is 0 Å². The number of anilines is 2. The molecule has 2 aliphatic heterocycles. The second-order valence-corrected chi connectivity index (χ2v) is 8.68. The van der Waals surface area contributed by atoms with Crippen molar-refractivity contribution in [3.63, 3.8) is 0 Å². The molecule has 3 aliphatic rings. The molecule has 0 aromatic heterocycles. The number of ether oxygens (including phenoxy) is 2. The molecule has 5 rings (SSSR count). The molecule has 5 nitrogen and oxygen atoms in total. The second kappa shape index (κ2) is 7.80. The van der Waals surface area contributed by atoms with Gasteiger partial charge in [-0.3, -0.25) is 4.79 Å². The molecule has 2 aromatic carbocycles. The summed E-state index contributed by atoms with van der Waals surface area (Å²) in [6, 6.07) is 18.4. The third kappa shape index (κ3) is 3.37. The van der Waals surface area contributed by atoms with Gasteiger partial charge in [0.1, 0.15) is 12.8 Å². The first-order valence-corrected chi connectivity index (χ1v) is 10.7. The first-order valence-electron chi connectivity index (χ1n) is 10.7. The van der Waals surface area contributed by atoms with E-state index >= 15 is 0 Å². The lowest BCUT2D eigenvalue weighted by atomic mass is 9.71. The van der Waals surface area contributed by atoms with Crippen LogP contribution in [0, 0.1) is 11.8 Å². The van der Waals surface area contributed by atoms with Crippen molar-refractivity contribution in [2.75, 3.05) is 37.2 Å². The fraction of sp³-hybridized carbons (Fsp3) is 0.400. The minimum atomic E-state index is -0.118. The number of rotatable bonds is 3. The largest absolute Gasteiger partial charge is 0.496 e. The normalized spacial score (nSPS) is 28.1. The van der Waals surface area contributed by atoms with Gasteiger partial charge in [-0.25, -0.2) is 0 Å². The fourth-order valence-corrected chi connectivity index (χ4v) is 5.00. The number of Topliss-reactive ketones (excluding diaryl/α,β-unsaturated/α-hetero) is 1. The maximum absolute atomic E-state index is 13.3. The summed E-state index contributed by atoms with van der Waals surface area (Å²) >= 11 is 0. The first-order chi connectivity index (χ1) is 14.6. The zero-order valence-electron chi connectivity index (χ0n) is 17.5. The van der Waals surface area contributed by atoms with E-state index in [0.717, 1.165) is 30.6 Å². The molecule has 1 saturated carbocycles. The molecule has 1 aliphatic carbocycles. The monoisotopic (exact) mass is 404 g/mol. The van der Waals surface area contributed by atoms with Crippen molar-refractivity contribution in [3.05, 3.63) is 66.4 Å². The van der Waals surface area contributed by atoms with Gasteiger partial charge < -0.3 is 19.3 Å². The van der Waals surface area contributed by atoms with E-state index in [1.165, 1.54) is 5.69 Å². The maximum atomic E-state index is 13.3. The van der Waals surface area contributed by atoms with Crippen LogP contribution in [0.5, 0.6) is 0 Å². The molecular formula is C25H28N2O3. The van der Waals surface area contributed by atoms with Gasteiger partial charge in [0.15, 0.2) is 5.78 Å². The molecule has 4 atom stereocenters. The average Bonchev–Trinajstić information content (AvgIpc) is 2.79. The van der Waals surface area contributed by atoms with Gasteiger partial charge in [-0.2, -0.15) is 0 Å². The van der Waals surface area contributed by atoms with Crippen molar-refractivity contribution in [3.8, 4) is 0 Å². The highest BCUT2D eigenvalue weighted by Crippen LogP contribution is 2.42. The molecule has 0 amide bonds. The van der Waals surface area contributed by atoms with E-state index in [2.05, 4.69) is 34.1 Å². The Labute approximate surface area is 177 Å². The van der Waals surface area contributed by atoms with E-state index in [-0.39, 0.29) is 29.8 Å². The molecule has 2 heterocycles. The Morgan fingerprint density at radius 3 is 2.50 bits per heavy atom. The molecule has 2 fully saturated rings. The molecule has 0 radical (unpaired) electrons. The van der Waals surface area contributed by atoms with E-state index in [4.69, 9.17) is 9.47 Å². The van der Waals surface area contributed by atoms with Crippen LogP contribution >= 0.6 is 0 Å². The van der Waals surface area contributed by atoms with E-state index in [9.17, 15) is 4.79 Å². The van der Waals surface area contributed by atoms with Crippen LogP contribution in [0.2, 0.25) is 0 Å². The lowest BCUT2D eigenvalue weighted by Gasteiger charge is -2.48. The number of allylic oxidation sites excluding steroid dienone is 1. The summed E-state index contributed by atoms with van der Waals surface area (Å²) in [5, 5.41) is 0. The number of hydrogen-bond donors (Lipinski definition) is 0. The highest BCUT2D eigenvalue weighted by Gasteiger charge is 2.49. The number of ketones is 1. The summed E-state index contributed by atoms with van der Waals surface area (Å²) in [6.07, 6.45) is 3.46. The molecule has 156 valence electrons. The van der Waals surface area contributed by atoms with Gasteiger partial charge >= 0.3 is 0 Å². The van der Waals surface area contributed by atoms with E-state index in [1.54, 1.807) is 6.26 Å². The van der Waals surface area contributed by atoms with Gasteiger partial charge in [0, 0.05) is 37.9 Å². The Kier molecular flexibility index (Phi) is 4.99. The molecule has 4 unspecified atom stereocenters.